The molecule has 31 heavy (non-hydrogen) atoms. The Morgan fingerprint density at radius 1 is 1.03 bits per heavy atom. The van der Waals surface area contributed by atoms with Gasteiger partial charge in [-0.05, 0) is 31.4 Å². The molecule has 0 bridgehead atoms. The molecule has 10 heteroatoms. The van der Waals surface area contributed by atoms with Gasteiger partial charge in [-0.2, -0.15) is 5.10 Å². The number of carbonyl (C=O) groups is 3. The molecule has 2 saturated heterocycles. The van der Waals surface area contributed by atoms with Crippen LogP contribution in [-0.4, -0.2) is 72.4 Å². The minimum atomic E-state index is -3.16. The first-order valence-electron chi connectivity index (χ1n) is 10.6. The van der Waals surface area contributed by atoms with Gasteiger partial charge in [0.25, 0.3) is 5.91 Å². The first-order chi connectivity index (χ1) is 14.8. The maximum atomic E-state index is 13.0. The van der Waals surface area contributed by atoms with Crippen molar-refractivity contribution >= 4 is 39.0 Å². The first kappa shape index (κ1) is 21.5. The molecule has 3 amide bonds. The lowest BCUT2D eigenvalue weighted by Crippen LogP contribution is -2.47. The zero-order valence-corrected chi connectivity index (χ0v) is 18.0. The summed E-state index contributed by atoms with van der Waals surface area (Å²) in [5, 5.41) is 8.38. The Balaban J connectivity index is 1.35. The van der Waals surface area contributed by atoms with E-state index in [0.717, 1.165) is 5.69 Å². The first-order valence-corrected chi connectivity index (χ1v) is 12.4. The second-order valence-corrected chi connectivity index (χ2v) is 10.5. The minimum Gasteiger partial charge on any atom is -0.337 e. The van der Waals surface area contributed by atoms with Gasteiger partial charge in [0, 0.05) is 37.5 Å². The van der Waals surface area contributed by atoms with Gasteiger partial charge in [-0.25, -0.2) is 13.4 Å². The van der Waals surface area contributed by atoms with Crippen molar-refractivity contribution in [1.29, 1.82) is 0 Å². The Labute approximate surface area is 181 Å². The van der Waals surface area contributed by atoms with E-state index in [1.54, 1.807) is 4.90 Å². The Morgan fingerprint density at radius 2 is 1.74 bits per heavy atom. The largest absolute Gasteiger partial charge is 0.337 e. The summed E-state index contributed by atoms with van der Waals surface area (Å²) in [5.74, 6) is -0.758. The number of hydrogen-bond donors (Lipinski definition) is 1. The number of carbonyl (C=O) groups excluding carboxylic acids is 3. The van der Waals surface area contributed by atoms with Crippen molar-refractivity contribution in [3.8, 4) is 0 Å². The highest BCUT2D eigenvalue weighted by Crippen LogP contribution is 2.24. The van der Waals surface area contributed by atoms with E-state index in [0.29, 0.717) is 32.4 Å². The summed E-state index contributed by atoms with van der Waals surface area (Å²) in [4.78, 5) is 39.4. The average molecular weight is 447 g/mol. The number of amides is 3. The molecule has 0 aliphatic carbocycles. The lowest BCUT2D eigenvalue weighted by molar-refractivity contribution is -0.134. The van der Waals surface area contributed by atoms with Crippen LogP contribution in [0.4, 0.5) is 5.69 Å². The molecular formula is C21H26N4O5S. The zero-order valence-electron chi connectivity index (χ0n) is 17.2. The van der Waals surface area contributed by atoms with Gasteiger partial charge >= 0.3 is 0 Å². The molecule has 3 aliphatic rings. The second-order valence-electron chi connectivity index (χ2n) is 8.26. The van der Waals surface area contributed by atoms with E-state index in [-0.39, 0.29) is 53.7 Å². The van der Waals surface area contributed by atoms with Crippen LogP contribution in [0, 0.1) is 5.92 Å². The number of hydrazone groups is 1. The van der Waals surface area contributed by atoms with Crippen molar-refractivity contribution in [2.75, 3.05) is 29.9 Å². The molecule has 3 heterocycles. The molecule has 1 aromatic rings. The maximum Gasteiger partial charge on any atom is 0.270 e. The van der Waals surface area contributed by atoms with Crippen LogP contribution in [0.25, 0.3) is 0 Å². The van der Waals surface area contributed by atoms with Crippen LogP contribution in [-0.2, 0) is 24.2 Å². The van der Waals surface area contributed by atoms with Gasteiger partial charge in [-0.1, -0.05) is 18.2 Å². The third-order valence-corrected chi connectivity index (χ3v) is 7.81. The number of rotatable bonds is 4. The Morgan fingerprint density at radius 3 is 2.39 bits per heavy atom. The Kier molecular flexibility index (Phi) is 6.08. The lowest BCUT2D eigenvalue weighted by atomic mass is 9.95. The minimum absolute atomic E-state index is 0.0405. The molecule has 0 radical (unpaired) electrons. The van der Waals surface area contributed by atoms with Crippen LogP contribution in [0.2, 0.25) is 0 Å². The van der Waals surface area contributed by atoms with Crippen LogP contribution in [0.15, 0.2) is 35.4 Å². The fourth-order valence-corrected chi connectivity index (χ4v) is 5.96. The molecule has 3 aliphatic heterocycles. The van der Waals surface area contributed by atoms with Crippen molar-refractivity contribution in [2.24, 2.45) is 11.0 Å². The monoisotopic (exact) mass is 446 g/mol. The highest BCUT2D eigenvalue weighted by molar-refractivity contribution is 7.91. The summed E-state index contributed by atoms with van der Waals surface area (Å²) in [5.41, 5.74) is 1.04. The zero-order chi connectivity index (χ0) is 22.0. The molecule has 9 nitrogen and oxygen atoms in total. The van der Waals surface area contributed by atoms with Crippen molar-refractivity contribution in [3.05, 3.63) is 30.3 Å². The van der Waals surface area contributed by atoms with E-state index in [2.05, 4.69) is 10.4 Å². The van der Waals surface area contributed by atoms with Crippen molar-refractivity contribution in [2.45, 2.75) is 38.1 Å². The van der Waals surface area contributed by atoms with Gasteiger partial charge in [0.2, 0.25) is 11.8 Å². The van der Waals surface area contributed by atoms with Gasteiger partial charge in [-0.15, -0.1) is 0 Å². The summed E-state index contributed by atoms with van der Waals surface area (Å²) in [6.07, 6.45) is 1.86. The Hall–Kier alpha value is -2.75. The van der Waals surface area contributed by atoms with Crippen LogP contribution < -0.4 is 5.32 Å². The highest BCUT2D eigenvalue weighted by atomic mass is 32.2. The number of para-hydroxylation sites is 1. The van der Waals surface area contributed by atoms with Gasteiger partial charge < -0.3 is 10.2 Å². The number of likely N-dealkylation sites (tertiary alicyclic amines) is 1. The number of sulfone groups is 1. The lowest BCUT2D eigenvalue weighted by Gasteiger charge is -2.33. The van der Waals surface area contributed by atoms with E-state index in [4.69, 9.17) is 0 Å². The van der Waals surface area contributed by atoms with E-state index in [1.165, 1.54) is 5.01 Å². The van der Waals surface area contributed by atoms with Gasteiger partial charge in [0.05, 0.1) is 17.5 Å². The predicted octanol–water partition coefficient (Wildman–Crippen LogP) is 1.03. The van der Waals surface area contributed by atoms with Crippen LogP contribution >= 0.6 is 0 Å². The SMILES string of the molecule is O=C(Nc1ccccc1)C1CCN(C(=O)C2=NN(C3CCS(=O)(=O)C3)C(=O)CC2)CC1. The topological polar surface area (TPSA) is 116 Å². The smallest absolute Gasteiger partial charge is 0.270 e. The fourth-order valence-electron chi connectivity index (χ4n) is 4.27. The summed E-state index contributed by atoms with van der Waals surface area (Å²) >= 11 is 0. The van der Waals surface area contributed by atoms with Crippen LogP contribution in [0.5, 0.6) is 0 Å². The molecule has 2 fully saturated rings. The molecule has 1 unspecified atom stereocenters. The second kappa shape index (κ2) is 8.78. The van der Waals surface area contributed by atoms with Crippen molar-refractivity contribution < 1.29 is 22.8 Å². The molecule has 0 aromatic heterocycles. The number of nitrogens with zero attached hydrogens (tertiary/aromatic N) is 3. The van der Waals surface area contributed by atoms with E-state index < -0.39 is 15.9 Å². The summed E-state index contributed by atoms with van der Waals surface area (Å²) in [6.45, 7) is 0.882. The summed E-state index contributed by atoms with van der Waals surface area (Å²) in [6, 6.07) is 8.77. The molecule has 1 aromatic carbocycles. The number of piperidine rings is 1. The van der Waals surface area contributed by atoms with Crippen LogP contribution in [0.1, 0.15) is 32.1 Å². The molecule has 0 spiro atoms. The van der Waals surface area contributed by atoms with E-state index in [9.17, 15) is 22.8 Å². The van der Waals surface area contributed by atoms with Crippen LogP contribution in [0.3, 0.4) is 0 Å². The van der Waals surface area contributed by atoms with Gasteiger partial charge in [0.1, 0.15) is 5.71 Å². The third-order valence-electron chi connectivity index (χ3n) is 6.06. The molecule has 1 atom stereocenters. The Bertz CT molecular complexity index is 1000. The summed E-state index contributed by atoms with van der Waals surface area (Å²) in [7, 11) is -3.16. The van der Waals surface area contributed by atoms with Gasteiger partial charge in [0.15, 0.2) is 9.84 Å². The van der Waals surface area contributed by atoms with E-state index in [1.807, 2.05) is 30.3 Å². The highest BCUT2D eigenvalue weighted by Gasteiger charge is 2.38. The maximum absolute atomic E-state index is 13.0. The van der Waals surface area contributed by atoms with Gasteiger partial charge in [-0.3, -0.25) is 14.4 Å². The molecule has 4 rings (SSSR count). The number of nitrogens with one attached hydrogen (secondary N) is 1. The van der Waals surface area contributed by atoms with E-state index >= 15 is 0 Å². The predicted molar refractivity (Wildman–Crippen MR) is 115 cm³/mol. The number of benzene rings is 1. The van der Waals surface area contributed by atoms with Crippen molar-refractivity contribution in [3.63, 3.8) is 0 Å². The molecule has 166 valence electrons. The number of anilines is 1. The number of hydrogen-bond acceptors (Lipinski definition) is 6. The summed E-state index contributed by atoms with van der Waals surface area (Å²) < 4.78 is 23.5. The third kappa shape index (κ3) is 4.95. The van der Waals surface area contributed by atoms with Crippen molar-refractivity contribution in [1.82, 2.24) is 9.91 Å². The normalized spacial score (nSPS) is 24.1. The molecular weight excluding hydrogens is 420 g/mol. The average Bonchev–Trinajstić information content (AvgIpc) is 3.14. The fraction of sp³-hybridized carbons (Fsp3) is 0.524. The quantitative estimate of drug-likeness (QED) is 0.742. The molecule has 1 N–H and O–H groups in total. The standard InChI is InChI=1S/C21H26N4O5S/c26-19-7-6-18(23-25(19)17-10-13-31(29,30)14-17)21(28)24-11-8-15(9-12-24)20(27)22-16-4-2-1-3-5-16/h1-5,15,17H,6-14H2,(H,22,27). The molecule has 0 saturated carbocycles.